The van der Waals surface area contributed by atoms with Gasteiger partial charge < -0.3 is 5.11 Å². The standard InChI is InChI=1S/C8H9F3O/c9-7(4-12)5-1-2-6(3-5)8(7,10)11/h1-2,5-6,12H,3-4H2. The molecule has 2 aliphatic carbocycles. The highest BCUT2D eigenvalue weighted by molar-refractivity contribution is 5.24. The van der Waals surface area contributed by atoms with Crippen molar-refractivity contribution < 1.29 is 18.3 Å². The van der Waals surface area contributed by atoms with E-state index in [1.54, 1.807) is 0 Å². The monoisotopic (exact) mass is 178 g/mol. The van der Waals surface area contributed by atoms with Crippen LogP contribution < -0.4 is 0 Å². The molecule has 1 fully saturated rings. The number of hydrogen-bond acceptors (Lipinski definition) is 1. The summed E-state index contributed by atoms with van der Waals surface area (Å²) in [6.45, 7) is -1.09. The van der Waals surface area contributed by atoms with E-state index in [1.807, 2.05) is 0 Å². The van der Waals surface area contributed by atoms with Crippen molar-refractivity contribution in [2.45, 2.75) is 18.0 Å². The summed E-state index contributed by atoms with van der Waals surface area (Å²) < 4.78 is 39.7. The summed E-state index contributed by atoms with van der Waals surface area (Å²) in [6.07, 6.45) is 2.92. The minimum Gasteiger partial charge on any atom is -0.393 e. The van der Waals surface area contributed by atoms with Crippen LogP contribution in [0.2, 0.25) is 0 Å². The maximum absolute atomic E-state index is 13.5. The molecule has 0 amide bonds. The van der Waals surface area contributed by atoms with E-state index in [9.17, 15) is 13.2 Å². The fourth-order valence-corrected chi connectivity index (χ4v) is 2.09. The second kappa shape index (κ2) is 2.05. The average Bonchev–Trinajstić information content (AvgIpc) is 2.55. The SMILES string of the molecule is OCC1(F)C2C=CC(C2)C1(F)F. The first-order valence-corrected chi connectivity index (χ1v) is 3.88. The van der Waals surface area contributed by atoms with Crippen molar-refractivity contribution >= 4 is 0 Å². The van der Waals surface area contributed by atoms with Gasteiger partial charge in [0.1, 0.15) is 0 Å². The summed E-state index contributed by atoms with van der Waals surface area (Å²) in [4.78, 5) is 0. The van der Waals surface area contributed by atoms with Crippen LogP contribution in [0.4, 0.5) is 13.2 Å². The molecule has 3 unspecified atom stereocenters. The third-order valence-electron chi connectivity index (χ3n) is 2.92. The van der Waals surface area contributed by atoms with Crippen LogP contribution in [0.1, 0.15) is 6.42 Å². The lowest BCUT2D eigenvalue weighted by molar-refractivity contribution is -0.162. The lowest BCUT2D eigenvalue weighted by atomic mass is 9.87. The van der Waals surface area contributed by atoms with Crippen LogP contribution in [-0.4, -0.2) is 23.3 Å². The van der Waals surface area contributed by atoms with Crippen LogP contribution in [0.25, 0.3) is 0 Å². The van der Waals surface area contributed by atoms with E-state index in [-0.39, 0.29) is 6.42 Å². The summed E-state index contributed by atoms with van der Waals surface area (Å²) in [5, 5.41) is 8.59. The van der Waals surface area contributed by atoms with Gasteiger partial charge in [0.25, 0.3) is 5.92 Å². The smallest absolute Gasteiger partial charge is 0.290 e. The van der Waals surface area contributed by atoms with Gasteiger partial charge in [-0.05, 0) is 6.42 Å². The van der Waals surface area contributed by atoms with Gasteiger partial charge in [0.2, 0.25) is 5.67 Å². The van der Waals surface area contributed by atoms with Gasteiger partial charge in [-0.2, -0.15) is 0 Å². The number of aliphatic hydroxyl groups excluding tert-OH is 1. The minimum atomic E-state index is -3.39. The van der Waals surface area contributed by atoms with Crippen LogP contribution in [0, 0.1) is 11.8 Å². The quantitative estimate of drug-likeness (QED) is 0.603. The van der Waals surface area contributed by atoms with E-state index in [1.165, 1.54) is 12.2 Å². The molecule has 0 radical (unpaired) electrons. The molecule has 1 saturated carbocycles. The summed E-state index contributed by atoms with van der Waals surface area (Å²) in [7, 11) is 0. The molecule has 0 spiro atoms. The Hall–Kier alpha value is -0.510. The van der Waals surface area contributed by atoms with Crippen LogP contribution in [0.5, 0.6) is 0 Å². The van der Waals surface area contributed by atoms with E-state index in [0.29, 0.717) is 0 Å². The second-order valence-electron chi connectivity index (χ2n) is 3.48. The molecule has 0 aliphatic heterocycles. The Kier molecular flexibility index (Phi) is 1.38. The van der Waals surface area contributed by atoms with Gasteiger partial charge >= 0.3 is 0 Å². The summed E-state index contributed by atoms with van der Waals surface area (Å²) >= 11 is 0. The van der Waals surface area contributed by atoms with Gasteiger partial charge in [-0.1, -0.05) is 12.2 Å². The Morgan fingerprint density at radius 1 is 1.25 bits per heavy atom. The predicted octanol–water partition coefficient (Wildman–Crippen LogP) is 1.53. The van der Waals surface area contributed by atoms with E-state index >= 15 is 0 Å². The Morgan fingerprint density at radius 3 is 2.17 bits per heavy atom. The molecule has 0 aromatic carbocycles. The van der Waals surface area contributed by atoms with Crippen molar-refractivity contribution in [1.29, 1.82) is 0 Å². The zero-order valence-electron chi connectivity index (χ0n) is 6.30. The van der Waals surface area contributed by atoms with Crippen molar-refractivity contribution in [2.24, 2.45) is 11.8 Å². The fourth-order valence-electron chi connectivity index (χ4n) is 2.09. The highest BCUT2D eigenvalue weighted by Crippen LogP contribution is 2.57. The lowest BCUT2D eigenvalue weighted by Gasteiger charge is -2.32. The zero-order valence-corrected chi connectivity index (χ0v) is 6.30. The maximum atomic E-state index is 13.5. The molecular formula is C8H9F3O. The number of allylic oxidation sites excluding steroid dienone is 2. The third kappa shape index (κ3) is 0.648. The molecule has 0 heterocycles. The lowest BCUT2D eigenvalue weighted by Crippen LogP contribution is -2.50. The first-order chi connectivity index (χ1) is 5.52. The topological polar surface area (TPSA) is 20.2 Å². The summed E-state index contributed by atoms with van der Waals surface area (Å²) in [5.41, 5.74) is -2.72. The molecule has 1 N–H and O–H groups in total. The number of halogens is 3. The Bertz CT molecular complexity index is 238. The largest absolute Gasteiger partial charge is 0.393 e. The minimum absolute atomic E-state index is 0.129. The molecule has 2 bridgehead atoms. The first-order valence-electron chi connectivity index (χ1n) is 3.88. The molecular weight excluding hydrogens is 169 g/mol. The number of fused-ring (bicyclic) bond motifs is 2. The van der Waals surface area contributed by atoms with Gasteiger partial charge in [-0.15, -0.1) is 0 Å². The van der Waals surface area contributed by atoms with E-state index in [2.05, 4.69) is 0 Å². The molecule has 68 valence electrons. The highest BCUT2D eigenvalue weighted by atomic mass is 19.3. The van der Waals surface area contributed by atoms with E-state index in [4.69, 9.17) is 5.11 Å². The number of alkyl halides is 3. The fraction of sp³-hybridized carbons (Fsp3) is 0.750. The zero-order chi connectivity index (χ0) is 8.98. The van der Waals surface area contributed by atoms with Gasteiger partial charge in [-0.3, -0.25) is 0 Å². The van der Waals surface area contributed by atoms with Crippen LogP contribution >= 0.6 is 0 Å². The number of rotatable bonds is 1. The molecule has 1 nitrogen and oxygen atoms in total. The van der Waals surface area contributed by atoms with Crippen molar-refractivity contribution in [3.05, 3.63) is 12.2 Å². The molecule has 0 saturated heterocycles. The predicted molar refractivity (Wildman–Crippen MR) is 36.6 cm³/mol. The molecule has 3 atom stereocenters. The Morgan fingerprint density at radius 2 is 1.83 bits per heavy atom. The number of aliphatic hydroxyl groups is 1. The van der Waals surface area contributed by atoms with Gasteiger partial charge in [0.05, 0.1) is 6.61 Å². The van der Waals surface area contributed by atoms with E-state index < -0.39 is 30.0 Å². The molecule has 0 aromatic rings. The van der Waals surface area contributed by atoms with E-state index in [0.717, 1.165) is 0 Å². The molecule has 0 aromatic heterocycles. The van der Waals surface area contributed by atoms with Crippen molar-refractivity contribution in [3.63, 3.8) is 0 Å². The van der Waals surface area contributed by atoms with Gasteiger partial charge in [0, 0.05) is 11.8 Å². The third-order valence-corrected chi connectivity index (χ3v) is 2.92. The van der Waals surface area contributed by atoms with Gasteiger partial charge in [-0.25, -0.2) is 13.2 Å². The van der Waals surface area contributed by atoms with Crippen molar-refractivity contribution in [3.8, 4) is 0 Å². The molecule has 2 rings (SSSR count). The molecule has 4 heteroatoms. The Balaban J connectivity index is 2.42. The van der Waals surface area contributed by atoms with Crippen LogP contribution in [0.15, 0.2) is 12.2 Å². The Labute approximate surface area is 67.9 Å². The second-order valence-corrected chi connectivity index (χ2v) is 3.48. The van der Waals surface area contributed by atoms with Crippen LogP contribution in [-0.2, 0) is 0 Å². The van der Waals surface area contributed by atoms with Crippen molar-refractivity contribution in [1.82, 2.24) is 0 Å². The normalized spacial score (nSPS) is 48.7. The van der Waals surface area contributed by atoms with Crippen molar-refractivity contribution in [2.75, 3.05) is 6.61 Å². The number of hydrogen-bond donors (Lipinski definition) is 1. The highest BCUT2D eigenvalue weighted by Gasteiger charge is 2.69. The van der Waals surface area contributed by atoms with Gasteiger partial charge in [0.15, 0.2) is 0 Å². The first kappa shape index (κ1) is 8.10. The summed E-state index contributed by atoms with van der Waals surface area (Å²) in [5.74, 6) is -5.21. The maximum Gasteiger partial charge on any atom is 0.290 e. The van der Waals surface area contributed by atoms with Crippen LogP contribution in [0.3, 0.4) is 0 Å². The molecule has 12 heavy (non-hydrogen) atoms. The summed E-state index contributed by atoms with van der Waals surface area (Å²) in [6, 6.07) is 0. The average molecular weight is 178 g/mol. The molecule has 2 aliphatic rings.